The zero-order valence-corrected chi connectivity index (χ0v) is 10.7. The van der Waals surface area contributed by atoms with Gasteiger partial charge in [-0.05, 0) is 25.3 Å². The quantitative estimate of drug-likeness (QED) is 0.897. The lowest BCUT2D eigenvalue weighted by Gasteiger charge is -2.25. The molecule has 0 spiro atoms. The van der Waals surface area contributed by atoms with Crippen LogP contribution in [0.3, 0.4) is 0 Å². The Morgan fingerprint density at radius 3 is 2.89 bits per heavy atom. The van der Waals surface area contributed by atoms with Crippen LogP contribution in [0, 0.1) is 5.92 Å². The van der Waals surface area contributed by atoms with Crippen molar-refractivity contribution in [3.8, 4) is 0 Å². The predicted molar refractivity (Wildman–Crippen MR) is 72.7 cm³/mol. The number of ether oxygens (including phenoxy) is 1. The van der Waals surface area contributed by atoms with Crippen molar-refractivity contribution < 1.29 is 9.84 Å². The molecular formula is C16H17NO2. The number of nitrogens with zero attached hydrogens (tertiary/aromatic N) is 1. The zero-order chi connectivity index (χ0) is 12.8. The van der Waals surface area contributed by atoms with E-state index in [1.165, 1.54) is 0 Å². The summed E-state index contributed by atoms with van der Waals surface area (Å²) in [5, 5.41) is 11.8. The van der Waals surface area contributed by atoms with Gasteiger partial charge in [0.1, 0.15) is 0 Å². The van der Waals surface area contributed by atoms with Crippen LogP contribution in [0.25, 0.3) is 10.9 Å². The number of aromatic nitrogens is 1. The Kier molecular flexibility index (Phi) is 2.57. The topological polar surface area (TPSA) is 42.4 Å². The summed E-state index contributed by atoms with van der Waals surface area (Å²) in [5.41, 5.74) is 1.86. The molecule has 2 aliphatic rings. The first kappa shape index (κ1) is 11.4. The number of fused-ring (bicyclic) bond motifs is 3. The van der Waals surface area contributed by atoms with Crippen molar-refractivity contribution in [2.45, 2.75) is 37.6 Å². The van der Waals surface area contributed by atoms with Crippen molar-refractivity contribution >= 4 is 10.9 Å². The number of para-hydroxylation sites is 1. The lowest BCUT2D eigenvalue weighted by molar-refractivity contribution is 0.0428. The van der Waals surface area contributed by atoms with Crippen molar-refractivity contribution in [1.29, 1.82) is 0 Å². The molecule has 1 N–H and O–H groups in total. The van der Waals surface area contributed by atoms with Gasteiger partial charge in [0.15, 0.2) is 0 Å². The number of hydrogen-bond acceptors (Lipinski definition) is 3. The van der Waals surface area contributed by atoms with Gasteiger partial charge in [-0.25, -0.2) is 0 Å². The lowest BCUT2D eigenvalue weighted by atomic mass is 9.82. The van der Waals surface area contributed by atoms with Crippen molar-refractivity contribution in [2.75, 3.05) is 0 Å². The van der Waals surface area contributed by atoms with Crippen LogP contribution in [0.5, 0.6) is 0 Å². The molecule has 0 aliphatic carbocycles. The number of aliphatic hydroxyl groups excluding tert-OH is 1. The Morgan fingerprint density at radius 1 is 1.21 bits per heavy atom. The summed E-state index contributed by atoms with van der Waals surface area (Å²) in [6.07, 6.45) is 5.15. The van der Waals surface area contributed by atoms with Gasteiger partial charge in [0.25, 0.3) is 0 Å². The molecule has 4 atom stereocenters. The van der Waals surface area contributed by atoms with Crippen molar-refractivity contribution in [1.82, 2.24) is 4.98 Å². The normalized spacial score (nSPS) is 30.9. The van der Waals surface area contributed by atoms with Gasteiger partial charge in [0.2, 0.25) is 0 Å². The van der Waals surface area contributed by atoms with E-state index in [1.807, 2.05) is 30.3 Å². The fourth-order valence-electron chi connectivity index (χ4n) is 3.61. The highest BCUT2D eigenvalue weighted by molar-refractivity contribution is 5.81. The maximum absolute atomic E-state index is 10.7. The third kappa shape index (κ3) is 1.77. The van der Waals surface area contributed by atoms with Gasteiger partial charge < -0.3 is 9.84 Å². The number of aliphatic hydroxyl groups is 1. The van der Waals surface area contributed by atoms with E-state index in [2.05, 4.69) is 4.98 Å². The second-order valence-electron chi connectivity index (χ2n) is 5.64. The van der Waals surface area contributed by atoms with Gasteiger partial charge in [0, 0.05) is 23.1 Å². The van der Waals surface area contributed by atoms with Crippen LogP contribution in [-0.4, -0.2) is 22.3 Å². The molecule has 19 heavy (non-hydrogen) atoms. The third-order valence-electron chi connectivity index (χ3n) is 4.54. The maximum atomic E-state index is 10.7. The molecule has 1 aromatic heterocycles. The molecule has 1 aromatic carbocycles. The molecule has 98 valence electrons. The van der Waals surface area contributed by atoms with Crippen LogP contribution < -0.4 is 0 Å². The van der Waals surface area contributed by atoms with E-state index in [0.717, 1.165) is 35.7 Å². The molecule has 2 aromatic rings. The molecule has 4 rings (SSSR count). The van der Waals surface area contributed by atoms with Crippen molar-refractivity contribution in [2.24, 2.45) is 5.92 Å². The van der Waals surface area contributed by atoms with Gasteiger partial charge in [0.05, 0.1) is 23.8 Å². The molecular weight excluding hydrogens is 238 g/mol. The highest BCUT2D eigenvalue weighted by Crippen LogP contribution is 2.45. The van der Waals surface area contributed by atoms with Crippen molar-refractivity contribution in [3.05, 3.63) is 42.1 Å². The number of benzene rings is 1. The fourth-order valence-corrected chi connectivity index (χ4v) is 3.61. The van der Waals surface area contributed by atoms with Gasteiger partial charge in [-0.1, -0.05) is 24.3 Å². The molecule has 3 nitrogen and oxygen atoms in total. The van der Waals surface area contributed by atoms with E-state index >= 15 is 0 Å². The Bertz CT molecular complexity index is 607. The van der Waals surface area contributed by atoms with E-state index in [1.54, 1.807) is 6.20 Å². The van der Waals surface area contributed by atoms with Gasteiger partial charge in [-0.15, -0.1) is 0 Å². The minimum Gasteiger partial charge on any atom is -0.388 e. The van der Waals surface area contributed by atoms with Crippen LogP contribution in [-0.2, 0) is 4.74 Å². The van der Waals surface area contributed by atoms with E-state index in [9.17, 15) is 5.11 Å². The van der Waals surface area contributed by atoms with Crippen LogP contribution in [0.1, 0.15) is 30.9 Å². The highest BCUT2D eigenvalue weighted by Gasteiger charge is 2.44. The molecule has 0 saturated carbocycles. The number of hydrogen-bond donors (Lipinski definition) is 1. The average Bonchev–Trinajstić information content (AvgIpc) is 3.08. The summed E-state index contributed by atoms with van der Waals surface area (Å²) in [6.45, 7) is 0. The standard InChI is InChI=1S/C16H17NO2/c18-16(13-9-11-6-7-14(13)19-11)12-5-1-3-10-4-2-8-17-15(10)12/h1-5,8,11,13-14,16,18H,6-7,9H2. The Labute approximate surface area is 112 Å². The molecule has 2 fully saturated rings. The van der Waals surface area contributed by atoms with Crippen LogP contribution in [0.15, 0.2) is 36.5 Å². The van der Waals surface area contributed by atoms with E-state index in [-0.39, 0.29) is 12.0 Å². The minimum atomic E-state index is -0.464. The Balaban J connectivity index is 1.74. The third-order valence-corrected chi connectivity index (χ3v) is 4.54. The molecule has 4 unspecified atom stereocenters. The molecule has 2 aliphatic heterocycles. The molecule has 3 heterocycles. The van der Waals surface area contributed by atoms with Crippen LogP contribution in [0.4, 0.5) is 0 Å². The second kappa shape index (κ2) is 4.29. The summed E-state index contributed by atoms with van der Waals surface area (Å²) >= 11 is 0. The van der Waals surface area contributed by atoms with Crippen LogP contribution >= 0.6 is 0 Å². The SMILES string of the molecule is OC(c1cccc2cccnc12)C1CC2CCC1O2. The first-order valence-corrected chi connectivity index (χ1v) is 7.00. The monoisotopic (exact) mass is 255 g/mol. The fraction of sp³-hybridized carbons (Fsp3) is 0.438. The first-order chi connectivity index (χ1) is 9.33. The molecule has 2 saturated heterocycles. The smallest absolute Gasteiger partial charge is 0.0865 e. The van der Waals surface area contributed by atoms with Crippen LogP contribution in [0.2, 0.25) is 0 Å². The lowest BCUT2D eigenvalue weighted by Crippen LogP contribution is -2.23. The summed E-state index contributed by atoms with van der Waals surface area (Å²) in [4.78, 5) is 4.43. The maximum Gasteiger partial charge on any atom is 0.0865 e. The summed E-state index contributed by atoms with van der Waals surface area (Å²) in [6, 6.07) is 9.99. The second-order valence-corrected chi connectivity index (χ2v) is 5.64. The number of rotatable bonds is 2. The first-order valence-electron chi connectivity index (χ1n) is 7.00. The zero-order valence-electron chi connectivity index (χ0n) is 10.7. The predicted octanol–water partition coefficient (Wildman–Crippen LogP) is 2.84. The van der Waals surface area contributed by atoms with Gasteiger partial charge >= 0.3 is 0 Å². The van der Waals surface area contributed by atoms with E-state index in [0.29, 0.717) is 6.10 Å². The van der Waals surface area contributed by atoms with E-state index in [4.69, 9.17) is 4.74 Å². The Hall–Kier alpha value is -1.45. The molecule has 3 heteroatoms. The minimum absolute atomic E-state index is 0.228. The van der Waals surface area contributed by atoms with Gasteiger partial charge in [-0.2, -0.15) is 0 Å². The molecule has 2 bridgehead atoms. The number of pyridine rings is 1. The molecule has 0 radical (unpaired) electrons. The average molecular weight is 255 g/mol. The largest absolute Gasteiger partial charge is 0.388 e. The molecule has 0 amide bonds. The van der Waals surface area contributed by atoms with Crippen molar-refractivity contribution in [3.63, 3.8) is 0 Å². The summed E-state index contributed by atoms with van der Waals surface area (Å²) in [5.74, 6) is 0.228. The van der Waals surface area contributed by atoms with Gasteiger partial charge in [-0.3, -0.25) is 4.98 Å². The van der Waals surface area contributed by atoms with E-state index < -0.39 is 6.10 Å². The highest BCUT2D eigenvalue weighted by atomic mass is 16.5. The summed E-state index contributed by atoms with van der Waals surface area (Å²) in [7, 11) is 0. The Morgan fingerprint density at radius 2 is 2.11 bits per heavy atom. The summed E-state index contributed by atoms with van der Waals surface area (Å²) < 4.78 is 5.86.